The monoisotopic (exact) mass is 402 g/mol. The Morgan fingerprint density at radius 3 is 2.70 bits per heavy atom. The molecule has 2 amide bonds. The third kappa shape index (κ3) is 4.20. The van der Waals surface area contributed by atoms with E-state index in [0.29, 0.717) is 21.9 Å². The van der Waals surface area contributed by atoms with Crippen molar-refractivity contribution in [2.45, 2.75) is 18.6 Å². The van der Waals surface area contributed by atoms with Gasteiger partial charge < -0.3 is 11.1 Å². The van der Waals surface area contributed by atoms with Crippen LogP contribution >= 0.6 is 23.1 Å². The first-order chi connectivity index (χ1) is 13.0. The van der Waals surface area contributed by atoms with Crippen LogP contribution in [0, 0.1) is 0 Å². The molecule has 0 aliphatic rings. The maximum absolute atomic E-state index is 13.0. The van der Waals surface area contributed by atoms with Crippen molar-refractivity contribution in [2.75, 3.05) is 12.3 Å². The van der Waals surface area contributed by atoms with Crippen LogP contribution in [0.2, 0.25) is 0 Å². The van der Waals surface area contributed by atoms with Crippen LogP contribution in [-0.4, -0.2) is 33.7 Å². The molecular formula is C18H18N4O3S2. The Kier molecular flexibility index (Phi) is 5.92. The fourth-order valence-corrected chi connectivity index (χ4v) is 4.47. The Balaban J connectivity index is 1.93. The number of thioether (sulfide) groups is 1. The standard InChI is InChI=1S/C18H18N4O3S2/c1-2-22-17(25)15-12(11-6-4-3-5-7-11)9-26-16(15)21-18(22)27-10-14(24)20-8-13(19)23/h3-7,9H,2,8,10H2,1H3,(H2,19,23)(H,20,24). The second-order valence-electron chi connectivity index (χ2n) is 5.67. The molecule has 9 heteroatoms. The zero-order valence-electron chi connectivity index (χ0n) is 14.6. The highest BCUT2D eigenvalue weighted by atomic mass is 32.2. The first-order valence-corrected chi connectivity index (χ1v) is 10.1. The summed E-state index contributed by atoms with van der Waals surface area (Å²) in [5.74, 6) is -0.903. The molecule has 3 aromatic rings. The van der Waals surface area contributed by atoms with E-state index in [9.17, 15) is 14.4 Å². The number of primary amides is 1. The zero-order valence-corrected chi connectivity index (χ0v) is 16.2. The van der Waals surface area contributed by atoms with Crippen molar-refractivity contribution in [3.63, 3.8) is 0 Å². The van der Waals surface area contributed by atoms with Gasteiger partial charge in [-0.3, -0.25) is 19.0 Å². The lowest BCUT2D eigenvalue weighted by atomic mass is 10.1. The number of hydrogen-bond donors (Lipinski definition) is 2. The number of rotatable bonds is 7. The Labute approximate surface area is 163 Å². The number of nitrogens with two attached hydrogens (primary N) is 1. The van der Waals surface area contributed by atoms with Crippen molar-refractivity contribution in [3.8, 4) is 11.1 Å². The maximum Gasteiger partial charge on any atom is 0.263 e. The number of carbonyl (C=O) groups is 2. The van der Waals surface area contributed by atoms with Crippen molar-refractivity contribution < 1.29 is 9.59 Å². The summed E-state index contributed by atoms with van der Waals surface area (Å²) in [5.41, 5.74) is 6.72. The van der Waals surface area contributed by atoms with Gasteiger partial charge in [-0.1, -0.05) is 42.1 Å². The SMILES string of the molecule is CCn1c(SCC(=O)NCC(N)=O)nc2scc(-c3ccccc3)c2c1=O. The molecule has 0 radical (unpaired) electrons. The summed E-state index contributed by atoms with van der Waals surface area (Å²) in [6.07, 6.45) is 0. The highest BCUT2D eigenvalue weighted by Crippen LogP contribution is 2.32. The summed E-state index contributed by atoms with van der Waals surface area (Å²) in [5, 5.41) is 5.42. The first-order valence-electron chi connectivity index (χ1n) is 8.26. The normalized spacial score (nSPS) is 10.9. The minimum atomic E-state index is -0.606. The number of nitrogens with one attached hydrogen (secondary N) is 1. The average molecular weight is 403 g/mol. The number of carbonyl (C=O) groups excluding carboxylic acids is 2. The van der Waals surface area contributed by atoms with Gasteiger partial charge in [0, 0.05) is 17.5 Å². The summed E-state index contributed by atoms with van der Waals surface area (Å²) >= 11 is 2.57. The quantitative estimate of drug-likeness (QED) is 0.463. The van der Waals surface area contributed by atoms with Crippen LogP contribution in [-0.2, 0) is 16.1 Å². The van der Waals surface area contributed by atoms with Crippen LogP contribution in [0.5, 0.6) is 0 Å². The molecule has 0 aliphatic heterocycles. The van der Waals surface area contributed by atoms with Crippen LogP contribution in [0.4, 0.5) is 0 Å². The van der Waals surface area contributed by atoms with Crippen LogP contribution in [0.15, 0.2) is 45.7 Å². The molecule has 2 heterocycles. The van der Waals surface area contributed by atoms with E-state index in [2.05, 4.69) is 10.3 Å². The van der Waals surface area contributed by atoms with Crippen molar-refractivity contribution in [2.24, 2.45) is 5.73 Å². The molecule has 2 aromatic heterocycles. The topological polar surface area (TPSA) is 107 Å². The average Bonchev–Trinajstić information content (AvgIpc) is 3.09. The number of nitrogens with zero attached hydrogens (tertiary/aromatic N) is 2. The van der Waals surface area contributed by atoms with Crippen molar-refractivity contribution in [1.29, 1.82) is 0 Å². The molecule has 0 atom stereocenters. The third-order valence-electron chi connectivity index (χ3n) is 3.85. The smallest absolute Gasteiger partial charge is 0.263 e. The summed E-state index contributed by atoms with van der Waals surface area (Å²) in [7, 11) is 0. The first kappa shape index (κ1) is 19.1. The molecule has 7 nitrogen and oxygen atoms in total. The minimum absolute atomic E-state index is 0.0438. The maximum atomic E-state index is 13.0. The van der Waals surface area contributed by atoms with E-state index < -0.39 is 5.91 Å². The molecule has 0 saturated heterocycles. The second-order valence-corrected chi connectivity index (χ2v) is 7.47. The molecule has 140 valence electrons. The van der Waals surface area contributed by atoms with Gasteiger partial charge in [-0.2, -0.15) is 0 Å². The number of fused-ring (bicyclic) bond motifs is 1. The lowest BCUT2D eigenvalue weighted by molar-refractivity contribution is -0.123. The zero-order chi connectivity index (χ0) is 19.4. The van der Waals surface area contributed by atoms with Crippen LogP contribution in [0.1, 0.15) is 6.92 Å². The van der Waals surface area contributed by atoms with Crippen molar-refractivity contribution in [1.82, 2.24) is 14.9 Å². The lowest BCUT2D eigenvalue weighted by Crippen LogP contribution is -2.34. The molecule has 1 aromatic carbocycles. The van der Waals surface area contributed by atoms with E-state index >= 15 is 0 Å². The predicted octanol–water partition coefficient (Wildman–Crippen LogP) is 1.84. The van der Waals surface area contributed by atoms with E-state index in [1.807, 2.05) is 42.6 Å². The fourth-order valence-electron chi connectivity index (χ4n) is 2.59. The van der Waals surface area contributed by atoms with E-state index in [4.69, 9.17) is 5.73 Å². The molecule has 0 unspecified atom stereocenters. The van der Waals surface area contributed by atoms with Gasteiger partial charge in [-0.15, -0.1) is 11.3 Å². The molecule has 3 N–H and O–H groups in total. The number of thiophene rings is 1. The van der Waals surface area contributed by atoms with Gasteiger partial charge in [0.1, 0.15) is 4.83 Å². The van der Waals surface area contributed by atoms with Crippen LogP contribution in [0.3, 0.4) is 0 Å². The van der Waals surface area contributed by atoms with Gasteiger partial charge >= 0.3 is 0 Å². The number of hydrogen-bond acceptors (Lipinski definition) is 6. The van der Waals surface area contributed by atoms with Crippen molar-refractivity contribution >= 4 is 45.1 Å². The fraction of sp³-hybridized carbons (Fsp3) is 0.222. The highest BCUT2D eigenvalue weighted by molar-refractivity contribution is 7.99. The van der Waals surface area contributed by atoms with Crippen molar-refractivity contribution in [3.05, 3.63) is 46.1 Å². The third-order valence-corrected chi connectivity index (χ3v) is 5.70. The van der Waals surface area contributed by atoms with Gasteiger partial charge in [0.25, 0.3) is 5.56 Å². The number of benzene rings is 1. The molecule has 3 rings (SSSR count). The Bertz CT molecular complexity index is 1040. The van der Waals surface area contributed by atoms with E-state index in [1.54, 1.807) is 4.57 Å². The molecule has 0 fully saturated rings. The highest BCUT2D eigenvalue weighted by Gasteiger charge is 2.17. The number of amides is 2. The van der Waals surface area contributed by atoms with E-state index in [1.165, 1.54) is 11.3 Å². The molecule has 0 saturated carbocycles. The lowest BCUT2D eigenvalue weighted by Gasteiger charge is -2.10. The minimum Gasteiger partial charge on any atom is -0.368 e. The molecule has 27 heavy (non-hydrogen) atoms. The molecular weight excluding hydrogens is 384 g/mol. The second kappa shape index (κ2) is 8.36. The largest absolute Gasteiger partial charge is 0.368 e. The Morgan fingerprint density at radius 1 is 1.30 bits per heavy atom. The summed E-state index contributed by atoms with van der Waals surface area (Å²) < 4.78 is 1.56. The van der Waals surface area contributed by atoms with Gasteiger partial charge in [-0.05, 0) is 12.5 Å². The summed E-state index contributed by atoms with van der Waals surface area (Å²) in [6.45, 7) is 2.09. The molecule has 0 aliphatic carbocycles. The predicted molar refractivity (Wildman–Crippen MR) is 108 cm³/mol. The summed E-state index contributed by atoms with van der Waals surface area (Å²) in [4.78, 5) is 40.8. The number of aromatic nitrogens is 2. The van der Waals surface area contributed by atoms with Crippen LogP contribution in [0.25, 0.3) is 21.3 Å². The van der Waals surface area contributed by atoms with E-state index in [-0.39, 0.29) is 23.8 Å². The van der Waals surface area contributed by atoms with Gasteiger partial charge in [0.05, 0.1) is 17.7 Å². The Morgan fingerprint density at radius 2 is 2.04 bits per heavy atom. The molecule has 0 bridgehead atoms. The van der Waals surface area contributed by atoms with Crippen LogP contribution < -0.4 is 16.6 Å². The Hall–Kier alpha value is -2.65. The van der Waals surface area contributed by atoms with Gasteiger partial charge in [0.2, 0.25) is 11.8 Å². The molecule has 0 spiro atoms. The van der Waals surface area contributed by atoms with Gasteiger partial charge in [0.15, 0.2) is 5.16 Å². The summed E-state index contributed by atoms with van der Waals surface area (Å²) in [6, 6.07) is 9.71. The van der Waals surface area contributed by atoms with E-state index in [0.717, 1.165) is 22.9 Å². The van der Waals surface area contributed by atoms with Gasteiger partial charge in [-0.25, -0.2) is 4.98 Å².